The zero-order chi connectivity index (χ0) is 19.8. The van der Waals surface area contributed by atoms with Gasteiger partial charge in [-0.2, -0.15) is 0 Å². The largest absolute Gasteiger partial charge is 0.504 e. The first-order valence-corrected chi connectivity index (χ1v) is 10.5. The third-order valence-corrected chi connectivity index (χ3v) is 5.28. The van der Waals surface area contributed by atoms with Gasteiger partial charge in [0.2, 0.25) is 0 Å². The SMILES string of the molecule is CCNC(=NCc1ccc(O)c(OCC)c1)N1CCC(CN2CCOCC2)C1. The number of nitrogens with one attached hydrogen (secondary N) is 1. The number of nitrogens with zero attached hydrogens (tertiary/aromatic N) is 3. The zero-order valence-corrected chi connectivity index (χ0v) is 17.2. The topological polar surface area (TPSA) is 69.6 Å². The number of aliphatic imine (C=N–C) groups is 1. The highest BCUT2D eigenvalue weighted by Gasteiger charge is 2.27. The number of benzene rings is 1. The summed E-state index contributed by atoms with van der Waals surface area (Å²) < 4.78 is 10.9. The minimum atomic E-state index is 0.173. The van der Waals surface area contributed by atoms with Gasteiger partial charge in [0.15, 0.2) is 17.5 Å². The summed E-state index contributed by atoms with van der Waals surface area (Å²) in [6.45, 7) is 13.0. The van der Waals surface area contributed by atoms with E-state index in [2.05, 4.69) is 22.0 Å². The van der Waals surface area contributed by atoms with E-state index in [-0.39, 0.29) is 5.75 Å². The number of aromatic hydroxyl groups is 1. The molecule has 7 nitrogen and oxygen atoms in total. The fourth-order valence-electron chi connectivity index (χ4n) is 3.84. The summed E-state index contributed by atoms with van der Waals surface area (Å²) in [4.78, 5) is 9.73. The Balaban J connectivity index is 1.59. The van der Waals surface area contributed by atoms with Crippen molar-refractivity contribution < 1.29 is 14.6 Å². The molecule has 2 fully saturated rings. The summed E-state index contributed by atoms with van der Waals surface area (Å²) in [6.07, 6.45) is 1.20. The number of morpholine rings is 1. The Labute approximate surface area is 168 Å². The average molecular weight is 391 g/mol. The normalized spacial score (nSPS) is 21.1. The van der Waals surface area contributed by atoms with E-state index >= 15 is 0 Å². The highest BCUT2D eigenvalue weighted by molar-refractivity contribution is 5.80. The average Bonchev–Trinajstić information content (AvgIpc) is 3.16. The van der Waals surface area contributed by atoms with Crippen LogP contribution in [-0.2, 0) is 11.3 Å². The minimum absolute atomic E-state index is 0.173. The van der Waals surface area contributed by atoms with Crippen LogP contribution in [0.1, 0.15) is 25.8 Å². The lowest BCUT2D eigenvalue weighted by atomic mass is 10.1. The second kappa shape index (κ2) is 10.5. The summed E-state index contributed by atoms with van der Waals surface area (Å²) in [6, 6.07) is 5.45. The molecule has 1 aromatic rings. The van der Waals surface area contributed by atoms with E-state index in [0.717, 1.165) is 64.0 Å². The van der Waals surface area contributed by atoms with Gasteiger partial charge in [0.25, 0.3) is 0 Å². The first kappa shape index (κ1) is 20.7. The molecule has 2 aliphatic rings. The standard InChI is InChI=1S/C21H34N4O3/c1-3-22-21(23-14-17-5-6-19(26)20(13-17)28-4-2)25-8-7-18(16-25)15-24-9-11-27-12-10-24/h5-6,13,18,26H,3-4,7-12,14-16H2,1-2H3,(H,22,23). The number of hydrogen-bond acceptors (Lipinski definition) is 5. The van der Waals surface area contributed by atoms with Crippen LogP contribution in [0.25, 0.3) is 0 Å². The van der Waals surface area contributed by atoms with E-state index in [1.54, 1.807) is 6.07 Å². The summed E-state index contributed by atoms with van der Waals surface area (Å²) in [5, 5.41) is 13.3. The summed E-state index contributed by atoms with van der Waals surface area (Å²) >= 11 is 0. The summed E-state index contributed by atoms with van der Waals surface area (Å²) in [5.74, 6) is 2.34. The maximum atomic E-state index is 9.87. The number of phenolic OH excluding ortho intramolecular Hbond substituents is 1. The lowest BCUT2D eigenvalue weighted by Gasteiger charge is -2.29. The number of phenols is 1. The predicted molar refractivity (Wildman–Crippen MR) is 111 cm³/mol. The van der Waals surface area contributed by atoms with Crippen LogP contribution < -0.4 is 10.1 Å². The molecule has 2 aliphatic heterocycles. The first-order chi connectivity index (χ1) is 13.7. The number of ether oxygens (including phenoxy) is 2. The second-order valence-corrected chi connectivity index (χ2v) is 7.42. The molecule has 156 valence electrons. The predicted octanol–water partition coefficient (Wildman–Crippen LogP) is 1.91. The van der Waals surface area contributed by atoms with E-state index in [9.17, 15) is 5.11 Å². The second-order valence-electron chi connectivity index (χ2n) is 7.42. The molecule has 2 heterocycles. The van der Waals surface area contributed by atoms with E-state index < -0.39 is 0 Å². The summed E-state index contributed by atoms with van der Waals surface area (Å²) in [5.41, 5.74) is 1.03. The van der Waals surface area contributed by atoms with Crippen molar-refractivity contribution >= 4 is 5.96 Å². The van der Waals surface area contributed by atoms with Crippen LogP contribution in [0.2, 0.25) is 0 Å². The molecule has 0 radical (unpaired) electrons. The van der Waals surface area contributed by atoms with Gasteiger partial charge in [0.05, 0.1) is 26.4 Å². The van der Waals surface area contributed by atoms with Crippen molar-refractivity contribution in [1.29, 1.82) is 0 Å². The molecule has 28 heavy (non-hydrogen) atoms. The Hall–Kier alpha value is -1.99. The van der Waals surface area contributed by atoms with E-state index in [1.165, 1.54) is 6.42 Å². The van der Waals surface area contributed by atoms with Gasteiger partial charge in [-0.3, -0.25) is 4.90 Å². The molecule has 0 amide bonds. The van der Waals surface area contributed by atoms with Crippen LogP contribution in [0.15, 0.2) is 23.2 Å². The number of likely N-dealkylation sites (tertiary alicyclic amines) is 1. The lowest BCUT2D eigenvalue weighted by molar-refractivity contribution is 0.0315. The Bertz CT molecular complexity index is 647. The molecule has 1 aromatic carbocycles. The molecule has 0 spiro atoms. The molecule has 7 heteroatoms. The van der Waals surface area contributed by atoms with Gasteiger partial charge in [-0.05, 0) is 43.9 Å². The maximum absolute atomic E-state index is 9.87. The number of hydrogen-bond donors (Lipinski definition) is 2. The van der Waals surface area contributed by atoms with E-state index in [0.29, 0.717) is 24.8 Å². The molecule has 0 bridgehead atoms. The quantitative estimate of drug-likeness (QED) is 0.548. The van der Waals surface area contributed by atoms with Crippen LogP contribution >= 0.6 is 0 Å². The third kappa shape index (κ3) is 5.75. The Morgan fingerprint density at radius 2 is 2.11 bits per heavy atom. The van der Waals surface area contributed by atoms with E-state index in [4.69, 9.17) is 14.5 Å². The zero-order valence-electron chi connectivity index (χ0n) is 17.2. The molecule has 1 unspecified atom stereocenters. The van der Waals surface area contributed by atoms with Crippen molar-refractivity contribution in [2.24, 2.45) is 10.9 Å². The fraction of sp³-hybridized carbons (Fsp3) is 0.667. The Morgan fingerprint density at radius 3 is 2.86 bits per heavy atom. The highest BCUT2D eigenvalue weighted by Crippen LogP contribution is 2.27. The van der Waals surface area contributed by atoms with Crippen molar-refractivity contribution in [3.05, 3.63) is 23.8 Å². The molecule has 0 aliphatic carbocycles. The molecule has 0 aromatic heterocycles. The Morgan fingerprint density at radius 1 is 1.29 bits per heavy atom. The van der Waals surface area contributed by atoms with Gasteiger partial charge in [0.1, 0.15) is 0 Å². The van der Waals surface area contributed by atoms with Crippen LogP contribution in [-0.4, -0.2) is 80.0 Å². The molecule has 3 rings (SSSR count). The van der Waals surface area contributed by atoms with Crippen LogP contribution in [0.5, 0.6) is 11.5 Å². The maximum Gasteiger partial charge on any atom is 0.194 e. The molecular formula is C21H34N4O3. The van der Waals surface area contributed by atoms with Crippen molar-refractivity contribution in [3.63, 3.8) is 0 Å². The van der Waals surface area contributed by atoms with Crippen LogP contribution in [0.3, 0.4) is 0 Å². The van der Waals surface area contributed by atoms with Gasteiger partial charge < -0.3 is 24.8 Å². The van der Waals surface area contributed by atoms with Gasteiger partial charge in [-0.15, -0.1) is 0 Å². The van der Waals surface area contributed by atoms with Gasteiger partial charge in [-0.25, -0.2) is 4.99 Å². The summed E-state index contributed by atoms with van der Waals surface area (Å²) in [7, 11) is 0. The van der Waals surface area contributed by atoms with Crippen molar-refractivity contribution in [1.82, 2.24) is 15.1 Å². The van der Waals surface area contributed by atoms with Gasteiger partial charge >= 0.3 is 0 Å². The fourth-order valence-corrected chi connectivity index (χ4v) is 3.84. The molecule has 1 atom stereocenters. The molecule has 0 saturated carbocycles. The molecular weight excluding hydrogens is 356 g/mol. The van der Waals surface area contributed by atoms with Crippen molar-refractivity contribution in [3.8, 4) is 11.5 Å². The van der Waals surface area contributed by atoms with Crippen molar-refractivity contribution in [2.45, 2.75) is 26.8 Å². The van der Waals surface area contributed by atoms with Crippen LogP contribution in [0, 0.1) is 5.92 Å². The molecule has 2 saturated heterocycles. The molecule has 2 N–H and O–H groups in total. The smallest absolute Gasteiger partial charge is 0.194 e. The Kier molecular flexibility index (Phi) is 7.80. The minimum Gasteiger partial charge on any atom is -0.504 e. The highest BCUT2D eigenvalue weighted by atomic mass is 16.5. The van der Waals surface area contributed by atoms with Gasteiger partial charge in [-0.1, -0.05) is 6.07 Å². The monoisotopic (exact) mass is 390 g/mol. The van der Waals surface area contributed by atoms with Crippen LogP contribution in [0.4, 0.5) is 0 Å². The lowest BCUT2D eigenvalue weighted by Crippen LogP contribution is -2.42. The third-order valence-electron chi connectivity index (χ3n) is 5.28. The first-order valence-electron chi connectivity index (χ1n) is 10.5. The number of rotatable bonds is 7. The number of guanidine groups is 1. The van der Waals surface area contributed by atoms with Gasteiger partial charge in [0, 0.05) is 39.3 Å². The van der Waals surface area contributed by atoms with Crippen molar-refractivity contribution in [2.75, 3.05) is 59.1 Å². The van der Waals surface area contributed by atoms with E-state index in [1.807, 2.05) is 19.1 Å².